The molecule has 0 aliphatic carbocycles. The van der Waals surface area contributed by atoms with E-state index in [4.69, 9.17) is 0 Å². The molecule has 2 unspecified atom stereocenters. The number of aliphatic hydroxyl groups excluding tert-OH is 1. The highest BCUT2D eigenvalue weighted by Gasteiger charge is 2.07. The zero-order valence-electron chi connectivity index (χ0n) is 10.3. The Hall–Kier alpha value is -1.39. The molecule has 2 aromatic rings. The van der Waals surface area contributed by atoms with Gasteiger partial charge < -0.3 is 10.4 Å². The first-order valence-corrected chi connectivity index (χ1v) is 5.99. The number of aliphatic hydroxyl groups is 1. The molecule has 0 spiro atoms. The third-order valence-electron chi connectivity index (χ3n) is 2.84. The number of fused-ring (bicyclic) bond motifs is 1. The van der Waals surface area contributed by atoms with Gasteiger partial charge >= 0.3 is 0 Å². The molecule has 0 saturated heterocycles. The molecule has 0 radical (unpaired) electrons. The van der Waals surface area contributed by atoms with E-state index in [1.54, 1.807) is 0 Å². The van der Waals surface area contributed by atoms with Crippen LogP contribution in [0.15, 0.2) is 30.6 Å². The van der Waals surface area contributed by atoms with Crippen molar-refractivity contribution in [3.05, 3.63) is 36.2 Å². The van der Waals surface area contributed by atoms with Crippen molar-refractivity contribution in [2.45, 2.75) is 39.0 Å². The van der Waals surface area contributed by atoms with Gasteiger partial charge in [0.1, 0.15) is 0 Å². The monoisotopic (exact) mass is 233 g/mol. The van der Waals surface area contributed by atoms with Crippen molar-refractivity contribution in [3.8, 4) is 0 Å². The van der Waals surface area contributed by atoms with Gasteiger partial charge in [-0.15, -0.1) is 0 Å². The Morgan fingerprint density at radius 3 is 3.00 bits per heavy atom. The van der Waals surface area contributed by atoms with Crippen molar-refractivity contribution in [1.29, 1.82) is 0 Å². The van der Waals surface area contributed by atoms with Gasteiger partial charge in [-0.2, -0.15) is 5.10 Å². The van der Waals surface area contributed by atoms with Gasteiger partial charge in [-0.3, -0.25) is 0 Å². The van der Waals surface area contributed by atoms with Crippen LogP contribution in [-0.2, 0) is 6.54 Å². The quantitative estimate of drug-likeness (QED) is 0.824. The van der Waals surface area contributed by atoms with Crippen LogP contribution in [0.25, 0.3) is 5.52 Å². The van der Waals surface area contributed by atoms with Crippen LogP contribution in [0.3, 0.4) is 0 Å². The van der Waals surface area contributed by atoms with E-state index in [1.807, 2.05) is 36.0 Å². The Labute approximate surface area is 101 Å². The van der Waals surface area contributed by atoms with Crippen LogP contribution in [0.5, 0.6) is 0 Å². The third-order valence-corrected chi connectivity index (χ3v) is 2.84. The molecule has 0 aliphatic rings. The fourth-order valence-electron chi connectivity index (χ4n) is 2.00. The lowest BCUT2D eigenvalue weighted by atomic mass is 10.1. The third kappa shape index (κ3) is 3.05. The molecule has 17 heavy (non-hydrogen) atoms. The molecule has 2 rings (SSSR count). The van der Waals surface area contributed by atoms with E-state index in [9.17, 15) is 5.11 Å². The molecule has 4 heteroatoms. The smallest absolute Gasteiger partial charge is 0.0706 e. The largest absolute Gasteiger partial charge is 0.393 e. The summed E-state index contributed by atoms with van der Waals surface area (Å²) in [6.45, 7) is 4.67. The van der Waals surface area contributed by atoms with Crippen LogP contribution < -0.4 is 5.32 Å². The number of hydrogen-bond donors (Lipinski definition) is 2. The molecule has 0 saturated carbocycles. The number of rotatable bonds is 5. The summed E-state index contributed by atoms with van der Waals surface area (Å²) in [4.78, 5) is 0. The number of hydrogen-bond acceptors (Lipinski definition) is 3. The predicted octanol–water partition coefficient (Wildman–Crippen LogP) is 1.58. The van der Waals surface area contributed by atoms with Gasteiger partial charge in [-0.1, -0.05) is 6.07 Å². The normalized spacial score (nSPS) is 15.0. The summed E-state index contributed by atoms with van der Waals surface area (Å²) in [7, 11) is 0. The van der Waals surface area contributed by atoms with E-state index in [-0.39, 0.29) is 6.10 Å². The minimum Gasteiger partial charge on any atom is -0.393 e. The summed E-state index contributed by atoms with van der Waals surface area (Å²) in [5, 5.41) is 17.0. The zero-order valence-corrected chi connectivity index (χ0v) is 10.3. The SMILES string of the molecule is CC(O)CC(C)NCc1cnn2ccccc12. The zero-order chi connectivity index (χ0) is 12.3. The van der Waals surface area contributed by atoms with Crippen molar-refractivity contribution in [1.82, 2.24) is 14.9 Å². The Morgan fingerprint density at radius 2 is 2.24 bits per heavy atom. The van der Waals surface area contributed by atoms with Crippen molar-refractivity contribution in [2.24, 2.45) is 0 Å². The Morgan fingerprint density at radius 1 is 1.41 bits per heavy atom. The van der Waals surface area contributed by atoms with E-state index in [1.165, 1.54) is 5.56 Å². The van der Waals surface area contributed by atoms with Crippen molar-refractivity contribution in [2.75, 3.05) is 0 Å². The lowest BCUT2D eigenvalue weighted by molar-refractivity contribution is 0.170. The Bertz CT molecular complexity index is 478. The summed E-state index contributed by atoms with van der Waals surface area (Å²) in [6.07, 6.45) is 4.33. The van der Waals surface area contributed by atoms with Crippen LogP contribution in [0.2, 0.25) is 0 Å². The standard InChI is InChI=1S/C13H19N3O/c1-10(7-11(2)17)14-8-12-9-15-16-6-4-3-5-13(12)16/h3-6,9-11,14,17H,7-8H2,1-2H3. The highest BCUT2D eigenvalue weighted by atomic mass is 16.3. The maximum Gasteiger partial charge on any atom is 0.0706 e. The topological polar surface area (TPSA) is 49.6 Å². The van der Waals surface area contributed by atoms with E-state index < -0.39 is 0 Å². The fraction of sp³-hybridized carbons (Fsp3) is 0.462. The van der Waals surface area contributed by atoms with Crippen molar-refractivity contribution >= 4 is 5.52 Å². The molecule has 2 heterocycles. The summed E-state index contributed by atoms with van der Waals surface area (Å²) >= 11 is 0. The average molecular weight is 233 g/mol. The van der Waals surface area contributed by atoms with Gasteiger partial charge in [0.25, 0.3) is 0 Å². The first kappa shape index (κ1) is 12.1. The second-order valence-corrected chi connectivity index (χ2v) is 4.57. The number of nitrogens with one attached hydrogen (secondary N) is 1. The second-order valence-electron chi connectivity index (χ2n) is 4.57. The van der Waals surface area contributed by atoms with Gasteiger partial charge in [0.15, 0.2) is 0 Å². The van der Waals surface area contributed by atoms with Crippen molar-refractivity contribution < 1.29 is 5.11 Å². The minimum atomic E-state index is -0.263. The summed E-state index contributed by atoms with van der Waals surface area (Å²) < 4.78 is 1.87. The first-order chi connectivity index (χ1) is 8.16. The average Bonchev–Trinajstić information content (AvgIpc) is 2.69. The summed E-state index contributed by atoms with van der Waals surface area (Å²) in [5.74, 6) is 0. The minimum absolute atomic E-state index is 0.263. The molecule has 4 nitrogen and oxygen atoms in total. The van der Waals surface area contributed by atoms with Gasteiger partial charge in [0, 0.05) is 24.3 Å². The van der Waals surface area contributed by atoms with Crippen LogP contribution in [0.1, 0.15) is 25.8 Å². The predicted molar refractivity (Wildman–Crippen MR) is 67.8 cm³/mol. The molecule has 0 amide bonds. The van der Waals surface area contributed by atoms with E-state index in [0.717, 1.165) is 18.5 Å². The Kier molecular flexibility index (Phi) is 3.76. The molecule has 0 aliphatic heterocycles. The molecular formula is C13H19N3O. The summed E-state index contributed by atoms with van der Waals surface area (Å²) in [5.41, 5.74) is 2.31. The molecule has 2 atom stereocenters. The lowest BCUT2D eigenvalue weighted by Gasteiger charge is -2.14. The molecule has 2 N–H and O–H groups in total. The molecule has 92 valence electrons. The number of pyridine rings is 1. The highest BCUT2D eigenvalue weighted by Crippen LogP contribution is 2.10. The lowest BCUT2D eigenvalue weighted by Crippen LogP contribution is -2.28. The van der Waals surface area contributed by atoms with E-state index >= 15 is 0 Å². The maximum absolute atomic E-state index is 9.30. The molecule has 0 fully saturated rings. The van der Waals surface area contributed by atoms with E-state index in [0.29, 0.717) is 6.04 Å². The summed E-state index contributed by atoms with van der Waals surface area (Å²) in [6, 6.07) is 6.34. The van der Waals surface area contributed by atoms with Gasteiger partial charge in [0.05, 0.1) is 17.8 Å². The van der Waals surface area contributed by atoms with Gasteiger partial charge in [-0.05, 0) is 32.4 Å². The van der Waals surface area contributed by atoms with Gasteiger partial charge in [0.2, 0.25) is 0 Å². The van der Waals surface area contributed by atoms with E-state index in [2.05, 4.69) is 23.4 Å². The van der Waals surface area contributed by atoms with Crippen LogP contribution in [0.4, 0.5) is 0 Å². The van der Waals surface area contributed by atoms with Crippen LogP contribution in [0, 0.1) is 0 Å². The highest BCUT2D eigenvalue weighted by molar-refractivity contribution is 5.53. The first-order valence-electron chi connectivity index (χ1n) is 5.99. The molecular weight excluding hydrogens is 214 g/mol. The van der Waals surface area contributed by atoms with Crippen LogP contribution >= 0.6 is 0 Å². The van der Waals surface area contributed by atoms with Gasteiger partial charge in [-0.25, -0.2) is 4.52 Å². The van der Waals surface area contributed by atoms with Crippen LogP contribution in [-0.4, -0.2) is 26.9 Å². The van der Waals surface area contributed by atoms with Crippen molar-refractivity contribution in [3.63, 3.8) is 0 Å². The number of nitrogens with zero attached hydrogens (tertiary/aromatic N) is 2. The second kappa shape index (κ2) is 5.29. The Balaban J connectivity index is 1.99. The molecule has 0 bridgehead atoms. The fourth-order valence-corrected chi connectivity index (χ4v) is 2.00. The molecule has 0 aromatic carbocycles. The maximum atomic E-state index is 9.30. The molecule has 2 aromatic heterocycles. The number of aromatic nitrogens is 2.